The minimum atomic E-state index is -1.68. The van der Waals surface area contributed by atoms with Gasteiger partial charge in [0.2, 0.25) is 5.91 Å². The molecule has 0 saturated carbocycles. The average molecular weight is 409 g/mol. The number of anilines is 1. The van der Waals surface area contributed by atoms with Gasteiger partial charge in [0.05, 0.1) is 16.8 Å². The van der Waals surface area contributed by atoms with Gasteiger partial charge in [-0.05, 0) is 43.7 Å². The van der Waals surface area contributed by atoms with E-state index in [9.17, 15) is 22.4 Å². The molecule has 0 fully saturated rings. The number of benzene rings is 2. The zero-order valence-corrected chi connectivity index (χ0v) is 15.2. The normalized spacial score (nSPS) is 13.4. The van der Waals surface area contributed by atoms with E-state index < -0.39 is 46.9 Å². The molecule has 0 heterocycles. The number of carbonyl (C=O) groups is 1. The van der Waals surface area contributed by atoms with Crippen LogP contribution in [0, 0.1) is 23.3 Å². The van der Waals surface area contributed by atoms with E-state index in [-0.39, 0.29) is 10.0 Å². The number of carbonyl (C=O) groups excluding carboxylic acids is 1. The number of hydrogen-bond donors (Lipinski definition) is 2. The van der Waals surface area contributed by atoms with Gasteiger partial charge in [0, 0.05) is 11.1 Å². The van der Waals surface area contributed by atoms with Gasteiger partial charge in [-0.1, -0.05) is 23.2 Å². The standard InChI is InChI=1S/C17H14Cl2F4N2O/c1-7(9-5-13(21)11(19)6-10(9)18)24-8(2)17(26)25-14-4-3-12(20)15(22)16(14)23/h3-8,24H,1-2H3,(H,25,26)/t7-,8-/m1/s1. The third-order valence-corrected chi connectivity index (χ3v) is 4.31. The number of amides is 1. The van der Waals surface area contributed by atoms with Crippen molar-refractivity contribution < 1.29 is 22.4 Å². The van der Waals surface area contributed by atoms with Gasteiger partial charge in [-0.2, -0.15) is 0 Å². The highest BCUT2D eigenvalue weighted by Crippen LogP contribution is 2.29. The van der Waals surface area contributed by atoms with Crippen molar-refractivity contribution >= 4 is 34.8 Å². The molecule has 0 aliphatic rings. The van der Waals surface area contributed by atoms with Gasteiger partial charge in [-0.25, -0.2) is 17.6 Å². The van der Waals surface area contributed by atoms with Crippen molar-refractivity contribution in [1.29, 1.82) is 0 Å². The monoisotopic (exact) mass is 408 g/mol. The molecule has 140 valence electrons. The number of rotatable bonds is 5. The Labute approximate surface area is 157 Å². The Morgan fingerprint density at radius 1 is 0.962 bits per heavy atom. The van der Waals surface area contributed by atoms with Crippen LogP contribution in [0.15, 0.2) is 24.3 Å². The molecule has 0 aliphatic heterocycles. The average Bonchev–Trinajstić information content (AvgIpc) is 2.58. The summed E-state index contributed by atoms with van der Waals surface area (Å²) in [5.41, 5.74) is -0.127. The summed E-state index contributed by atoms with van der Waals surface area (Å²) in [6.07, 6.45) is 0. The van der Waals surface area contributed by atoms with E-state index >= 15 is 0 Å². The zero-order chi connectivity index (χ0) is 19.6. The maximum absolute atomic E-state index is 13.6. The van der Waals surface area contributed by atoms with E-state index in [1.54, 1.807) is 6.92 Å². The quantitative estimate of drug-likeness (QED) is 0.404. The predicted molar refractivity (Wildman–Crippen MR) is 92.4 cm³/mol. The van der Waals surface area contributed by atoms with Crippen molar-refractivity contribution in [1.82, 2.24) is 5.32 Å². The molecule has 0 radical (unpaired) electrons. The van der Waals surface area contributed by atoms with Gasteiger partial charge in [0.25, 0.3) is 0 Å². The van der Waals surface area contributed by atoms with Crippen LogP contribution < -0.4 is 10.6 Å². The third-order valence-electron chi connectivity index (χ3n) is 3.69. The Kier molecular flexibility index (Phi) is 6.49. The van der Waals surface area contributed by atoms with Gasteiger partial charge in [0.15, 0.2) is 17.5 Å². The summed E-state index contributed by atoms with van der Waals surface area (Å²) in [5.74, 6) is -5.91. The first kappa shape index (κ1) is 20.5. The summed E-state index contributed by atoms with van der Waals surface area (Å²) in [5, 5.41) is 5.08. The maximum atomic E-state index is 13.6. The van der Waals surface area contributed by atoms with E-state index in [4.69, 9.17) is 23.2 Å². The van der Waals surface area contributed by atoms with Crippen LogP contribution in [0.3, 0.4) is 0 Å². The molecule has 0 aromatic heterocycles. The third kappa shape index (κ3) is 4.47. The van der Waals surface area contributed by atoms with Crippen LogP contribution in [0.5, 0.6) is 0 Å². The minimum Gasteiger partial charge on any atom is -0.322 e. The number of halogens is 6. The van der Waals surface area contributed by atoms with Crippen LogP contribution in [-0.2, 0) is 4.79 Å². The lowest BCUT2D eigenvalue weighted by Crippen LogP contribution is -2.39. The van der Waals surface area contributed by atoms with Gasteiger partial charge in [-0.3, -0.25) is 10.1 Å². The molecule has 2 N–H and O–H groups in total. The first-order chi connectivity index (χ1) is 12.1. The first-order valence-electron chi connectivity index (χ1n) is 7.46. The fraction of sp³-hybridized carbons (Fsp3) is 0.235. The second-order valence-electron chi connectivity index (χ2n) is 5.61. The fourth-order valence-electron chi connectivity index (χ4n) is 2.27. The largest absolute Gasteiger partial charge is 0.322 e. The summed E-state index contributed by atoms with van der Waals surface area (Å²) < 4.78 is 53.4. The van der Waals surface area contributed by atoms with Crippen molar-refractivity contribution in [3.63, 3.8) is 0 Å². The summed E-state index contributed by atoms with van der Waals surface area (Å²) >= 11 is 11.7. The van der Waals surface area contributed by atoms with Gasteiger partial charge >= 0.3 is 0 Å². The molecule has 2 aromatic carbocycles. The highest BCUT2D eigenvalue weighted by Gasteiger charge is 2.21. The Balaban J connectivity index is 2.10. The van der Waals surface area contributed by atoms with Gasteiger partial charge in [0.1, 0.15) is 5.82 Å². The molecule has 0 unspecified atom stereocenters. The van der Waals surface area contributed by atoms with Crippen LogP contribution in [0.1, 0.15) is 25.5 Å². The van der Waals surface area contributed by atoms with E-state index in [1.807, 2.05) is 0 Å². The van der Waals surface area contributed by atoms with Crippen LogP contribution >= 0.6 is 23.2 Å². The molecule has 0 saturated heterocycles. The van der Waals surface area contributed by atoms with Crippen molar-refractivity contribution in [3.8, 4) is 0 Å². The van der Waals surface area contributed by atoms with E-state index in [0.717, 1.165) is 12.1 Å². The van der Waals surface area contributed by atoms with E-state index in [0.29, 0.717) is 11.6 Å². The Morgan fingerprint density at radius 3 is 2.27 bits per heavy atom. The smallest absolute Gasteiger partial charge is 0.241 e. The van der Waals surface area contributed by atoms with Crippen LogP contribution in [-0.4, -0.2) is 11.9 Å². The highest BCUT2D eigenvalue weighted by atomic mass is 35.5. The molecule has 0 aliphatic carbocycles. The molecule has 9 heteroatoms. The van der Waals surface area contributed by atoms with Crippen LogP contribution in [0.4, 0.5) is 23.2 Å². The maximum Gasteiger partial charge on any atom is 0.241 e. The molecule has 2 aromatic rings. The summed E-state index contributed by atoms with van der Waals surface area (Å²) in [6, 6.07) is 2.56. The van der Waals surface area contributed by atoms with Crippen molar-refractivity contribution in [3.05, 3.63) is 63.1 Å². The van der Waals surface area contributed by atoms with Gasteiger partial charge < -0.3 is 5.32 Å². The molecule has 2 atom stereocenters. The van der Waals surface area contributed by atoms with Crippen molar-refractivity contribution in [2.75, 3.05) is 5.32 Å². The Hall–Kier alpha value is -1.83. The Bertz CT molecular complexity index is 848. The molecule has 0 spiro atoms. The van der Waals surface area contributed by atoms with Crippen LogP contribution in [0.2, 0.25) is 10.0 Å². The van der Waals surface area contributed by atoms with Gasteiger partial charge in [-0.15, -0.1) is 0 Å². The van der Waals surface area contributed by atoms with E-state index in [2.05, 4.69) is 10.6 Å². The molecular weight excluding hydrogens is 395 g/mol. The van der Waals surface area contributed by atoms with Crippen molar-refractivity contribution in [2.45, 2.75) is 25.9 Å². The second-order valence-corrected chi connectivity index (χ2v) is 6.42. The zero-order valence-electron chi connectivity index (χ0n) is 13.6. The molecule has 2 rings (SSSR count). The SMILES string of the molecule is C[C@@H](N[C@H](C)c1cc(F)c(Cl)cc1Cl)C(=O)Nc1ccc(F)c(F)c1F. The minimum absolute atomic E-state index is 0.134. The number of hydrogen-bond acceptors (Lipinski definition) is 2. The Morgan fingerprint density at radius 2 is 1.62 bits per heavy atom. The van der Waals surface area contributed by atoms with Crippen LogP contribution in [0.25, 0.3) is 0 Å². The second kappa shape index (κ2) is 8.24. The number of nitrogens with one attached hydrogen (secondary N) is 2. The van der Waals surface area contributed by atoms with E-state index in [1.165, 1.54) is 13.0 Å². The summed E-state index contributed by atoms with van der Waals surface area (Å²) in [6.45, 7) is 3.10. The summed E-state index contributed by atoms with van der Waals surface area (Å²) in [7, 11) is 0. The predicted octanol–water partition coefficient (Wildman–Crippen LogP) is 5.23. The molecular formula is C17H14Cl2F4N2O. The topological polar surface area (TPSA) is 41.1 Å². The lowest BCUT2D eigenvalue weighted by molar-refractivity contribution is -0.118. The summed E-state index contributed by atoms with van der Waals surface area (Å²) in [4.78, 5) is 12.1. The lowest BCUT2D eigenvalue weighted by atomic mass is 10.1. The fourth-order valence-corrected chi connectivity index (χ4v) is 2.82. The highest BCUT2D eigenvalue weighted by molar-refractivity contribution is 6.35. The molecule has 0 bridgehead atoms. The molecule has 1 amide bonds. The molecule has 26 heavy (non-hydrogen) atoms. The van der Waals surface area contributed by atoms with Crippen molar-refractivity contribution in [2.24, 2.45) is 0 Å². The lowest BCUT2D eigenvalue weighted by Gasteiger charge is -2.21. The molecule has 3 nitrogen and oxygen atoms in total. The first-order valence-corrected chi connectivity index (χ1v) is 8.22.